The summed E-state index contributed by atoms with van der Waals surface area (Å²) >= 11 is 6.97. The number of carbonyl (C=O) groups excluding carboxylic acids is 1. The Labute approximate surface area is 120 Å². The van der Waals surface area contributed by atoms with Crippen LogP contribution < -0.4 is 11.1 Å². The topological polar surface area (TPSA) is 55.1 Å². The Kier molecular flexibility index (Phi) is 7.00. The van der Waals surface area contributed by atoms with E-state index in [9.17, 15) is 4.79 Å². The number of amides is 1. The Balaban J connectivity index is 2.59. The third-order valence-electron chi connectivity index (χ3n) is 3.67. The number of hydrogen-bond donors (Lipinski definition) is 2. The molecular weight excluding hydrogens is 264 g/mol. The molecule has 1 aliphatic rings. The summed E-state index contributed by atoms with van der Waals surface area (Å²) in [6, 6.07) is 0. The third kappa shape index (κ3) is 4.12. The molecule has 3 nitrogen and oxygen atoms in total. The summed E-state index contributed by atoms with van der Waals surface area (Å²) in [4.78, 5) is 12.8. The highest BCUT2D eigenvalue weighted by Crippen LogP contribution is 2.35. The van der Waals surface area contributed by atoms with Crippen molar-refractivity contribution < 1.29 is 4.79 Å². The average molecular weight is 288 g/mol. The smallest absolute Gasteiger partial charge is 0.233 e. The molecule has 0 unspecified atom stereocenters. The molecule has 0 saturated heterocycles. The number of thiocarbonyl (C=S) groups is 1. The number of nitrogens with one attached hydrogen (secondary N) is 1. The van der Waals surface area contributed by atoms with Gasteiger partial charge in [-0.15, -0.1) is 0 Å². The van der Waals surface area contributed by atoms with Gasteiger partial charge in [-0.25, -0.2) is 0 Å². The fourth-order valence-corrected chi connectivity index (χ4v) is 3.23. The predicted molar refractivity (Wildman–Crippen MR) is 82.9 cm³/mol. The molecule has 0 spiro atoms. The van der Waals surface area contributed by atoms with Gasteiger partial charge in [-0.05, 0) is 31.3 Å². The zero-order valence-electron chi connectivity index (χ0n) is 11.2. The van der Waals surface area contributed by atoms with Gasteiger partial charge in [0.25, 0.3) is 0 Å². The second kappa shape index (κ2) is 8.00. The van der Waals surface area contributed by atoms with Gasteiger partial charge < -0.3 is 11.1 Å². The van der Waals surface area contributed by atoms with Crippen molar-refractivity contribution in [3.8, 4) is 0 Å². The molecule has 0 aromatic carbocycles. The minimum atomic E-state index is -0.578. The number of nitrogens with two attached hydrogens (primary N) is 1. The Morgan fingerprint density at radius 3 is 2.44 bits per heavy atom. The van der Waals surface area contributed by atoms with Gasteiger partial charge in [0.05, 0.1) is 10.4 Å². The Morgan fingerprint density at radius 2 is 1.94 bits per heavy atom. The van der Waals surface area contributed by atoms with E-state index in [0.717, 1.165) is 44.4 Å². The normalized spacial score (nSPS) is 18.9. The molecule has 1 rings (SSSR count). The highest BCUT2D eigenvalue weighted by Gasteiger charge is 2.41. The van der Waals surface area contributed by atoms with Crippen molar-refractivity contribution in [1.82, 2.24) is 5.32 Å². The van der Waals surface area contributed by atoms with Crippen molar-refractivity contribution in [1.29, 1.82) is 0 Å². The van der Waals surface area contributed by atoms with Crippen LogP contribution >= 0.6 is 24.0 Å². The molecule has 1 fully saturated rings. The van der Waals surface area contributed by atoms with Crippen molar-refractivity contribution >= 4 is 34.9 Å². The monoisotopic (exact) mass is 288 g/mol. The van der Waals surface area contributed by atoms with E-state index in [2.05, 4.69) is 11.6 Å². The van der Waals surface area contributed by atoms with Gasteiger partial charge in [-0.3, -0.25) is 4.79 Å². The van der Waals surface area contributed by atoms with E-state index in [4.69, 9.17) is 18.0 Å². The second-order valence-electron chi connectivity index (χ2n) is 4.96. The molecule has 0 aromatic rings. The van der Waals surface area contributed by atoms with Crippen LogP contribution in [0.1, 0.15) is 44.9 Å². The zero-order valence-corrected chi connectivity index (χ0v) is 12.8. The first kappa shape index (κ1) is 15.8. The van der Waals surface area contributed by atoms with E-state index in [0.29, 0.717) is 4.99 Å². The Morgan fingerprint density at radius 1 is 1.33 bits per heavy atom. The molecule has 0 aliphatic heterocycles. The highest BCUT2D eigenvalue weighted by molar-refractivity contribution is 7.98. The van der Waals surface area contributed by atoms with Crippen LogP contribution in [0.4, 0.5) is 0 Å². The molecule has 0 aromatic heterocycles. The van der Waals surface area contributed by atoms with E-state index >= 15 is 0 Å². The number of hydrogen-bond acceptors (Lipinski definition) is 3. The van der Waals surface area contributed by atoms with Crippen molar-refractivity contribution in [3.63, 3.8) is 0 Å². The standard InChI is InChI=1S/C13H24N2OS2/c1-18-10-6-9-15-12(16)13(11(14)17)7-4-2-3-5-8-13/h2-10H2,1H3,(H2,14,17)(H,15,16). The molecule has 0 heterocycles. The molecule has 5 heteroatoms. The molecule has 1 saturated carbocycles. The average Bonchev–Trinajstić information content (AvgIpc) is 2.61. The molecular formula is C13H24N2OS2. The van der Waals surface area contributed by atoms with E-state index < -0.39 is 5.41 Å². The zero-order chi connectivity index (χ0) is 13.4. The van der Waals surface area contributed by atoms with Crippen molar-refractivity contribution in [2.75, 3.05) is 18.6 Å². The van der Waals surface area contributed by atoms with Gasteiger partial charge in [0.15, 0.2) is 0 Å². The van der Waals surface area contributed by atoms with Gasteiger partial charge in [-0.2, -0.15) is 11.8 Å². The van der Waals surface area contributed by atoms with Crippen molar-refractivity contribution in [2.24, 2.45) is 11.1 Å². The van der Waals surface area contributed by atoms with Crippen LogP contribution in [0.15, 0.2) is 0 Å². The largest absolute Gasteiger partial charge is 0.392 e. The molecule has 18 heavy (non-hydrogen) atoms. The molecule has 0 radical (unpaired) electrons. The summed E-state index contributed by atoms with van der Waals surface area (Å²) in [5, 5.41) is 3.02. The number of thioether (sulfide) groups is 1. The van der Waals surface area contributed by atoms with Gasteiger partial charge in [0, 0.05) is 6.54 Å². The summed E-state index contributed by atoms with van der Waals surface area (Å²) in [6.45, 7) is 0.726. The van der Waals surface area contributed by atoms with Crippen LogP contribution in [-0.2, 0) is 4.79 Å². The maximum atomic E-state index is 12.4. The lowest BCUT2D eigenvalue weighted by atomic mass is 9.79. The van der Waals surface area contributed by atoms with E-state index in [1.165, 1.54) is 12.8 Å². The molecule has 1 amide bonds. The fraction of sp³-hybridized carbons (Fsp3) is 0.846. The molecule has 104 valence electrons. The SMILES string of the molecule is CSCCCNC(=O)C1(C(N)=S)CCCCCC1. The van der Waals surface area contributed by atoms with Crippen molar-refractivity contribution in [2.45, 2.75) is 44.9 Å². The van der Waals surface area contributed by atoms with Crippen LogP contribution in [0.2, 0.25) is 0 Å². The predicted octanol–water partition coefficient (Wildman–Crippen LogP) is 2.48. The fourth-order valence-electron chi connectivity index (χ4n) is 2.51. The van der Waals surface area contributed by atoms with E-state index in [-0.39, 0.29) is 5.91 Å². The van der Waals surface area contributed by atoms with Crippen LogP contribution in [0.25, 0.3) is 0 Å². The quantitative estimate of drug-likeness (QED) is 0.448. The molecule has 1 aliphatic carbocycles. The molecule has 0 atom stereocenters. The summed E-state index contributed by atoms with van der Waals surface area (Å²) in [5.41, 5.74) is 5.29. The maximum absolute atomic E-state index is 12.4. The second-order valence-corrected chi connectivity index (χ2v) is 6.39. The van der Waals surface area contributed by atoms with Gasteiger partial charge in [0.1, 0.15) is 0 Å². The van der Waals surface area contributed by atoms with Gasteiger partial charge >= 0.3 is 0 Å². The Hall–Kier alpha value is -0.290. The Bertz CT molecular complexity index is 287. The number of carbonyl (C=O) groups is 1. The van der Waals surface area contributed by atoms with Crippen LogP contribution in [0, 0.1) is 5.41 Å². The van der Waals surface area contributed by atoms with Gasteiger partial charge in [-0.1, -0.05) is 37.9 Å². The summed E-state index contributed by atoms with van der Waals surface area (Å²) in [6.07, 6.45) is 9.18. The first-order valence-electron chi connectivity index (χ1n) is 6.70. The third-order valence-corrected chi connectivity index (χ3v) is 4.76. The van der Waals surface area contributed by atoms with Crippen LogP contribution in [0.5, 0.6) is 0 Å². The minimum absolute atomic E-state index is 0.0537. The lowest BCUT2D eigenvalue weighted by molar-refractivity contribution is -0.128. The van der Waals surface area contributed by atoms with Gasteiger partial charge in [0.2, 0.25) is 5.91 Å². The maximum Gasteiger partial charge on any atom is 0.233 e. The minimum Gasteiger partial charge on any atom is -0.392 e. The summed E-state index contributed by atoms with van der Waals surface area (Å²) in [5.74, 6) is 1.12. The molecule has 0 bridgehead atoms. The first-order valence-corrected chi connectivity index (χ1v) is 8.51. The van der Waals surface area contributed by atoms with Crippen molar-refractivity contribution in [3.05, 3.63) is 0 Å². The van der Waals surface area contributed by atoms with E-state index in [1.54, 1.807) is 11.8 Å². The first-order chi connectivity index (χ1) is 8.63. The summed E-state index contributed by atoms with van der Waals surface area (Å²) < 4.78 is 0. The van der Waals surface area contributed by atoms with E-state index in [1.807, 2.05) is 0 Å². The lowest BCUT2D eigenvalue weighted by Crippen LogP contribution is -2.49. The summed E-state index contributed by atoms with van der Waals surface area (Å²) in [7, 11) is 0. The van der Waals surface area contributed by atoms with Crippen LogP contribution in [-0.4, -0.2) is 29.4 Å². The van der Waals surface area contributed by atoms with Crippen LogP contribution in [0.3, 0.4) is 0 Å². The molecule has 3 N–H and O–H groups in total. The lowest BCUT2D eigenvalue weighted by Gasteiger charge is -2.30. The highest BCUT2D eigenvalue weighted by atomic mass is 32.2. The number of rotatable bonds is 6.